The van der Waals surface area contributed by atoms with Gasteiger partial charge in [0.15, 0.2) is 5.82 Å². The maximum Gasteiger partial charge on any atom is 0.151 e. The van der Waals surface area contributed by atoms with E-state index in [1.54, 1.807) is 6.20 Å². The van der Waals surface area contributed by atoms with Gasteiger partial charge in [-0.1, -0.05) is 11.6 Å². The first-order valence-electron chi connectivity index (χ1n) is 4.72. The third-order valence-electron chi connectivity index (χ3n) is 2.42. The first-order chi connectivity index (χ1) is 6.79. The molecule has 76 valence electrons. The molecule has 1 unspecified atom stereocenters. The Balaban J connectivity index is 2.25. The molecule has 4 nitrogen and oxygen atoms in total. The van der Waals surface area contributed by atoms with Crippen molar-refractivity contribution in [3.8, 4) is 0 Å². The summed E-state index contributed by atoms with van der Waals surface area (Å²) in [5, 5.41) is 3.95. The van der Waals surface area contributed by atoms with E-state index in [2.05, 4.69) is 27.1 Å². The van der Waals surface area contributed by atoms with Crippen LogP contribution in [0.25, 0.3) is 0 Å². The van der Waals surface area contributed by atoms with Crippen LogP contribution in [0.15, 0.2) is 12.5 Å². The molecule has 0 spiro atoms. The Hall–Kier alpha value is -0.870. The van der Waals surface area contributed by atoms with Crippen molar-refractivity contribution in [1.29, 1.82) is 0 Å². The normalized spacial score (nSPS) is 22.4. The smallest absolute Gasteiger partial charge is 0.151 e. The van der Waals surface area contributed by atoms with Crippen LogP contribution in [0.5, 0.6) is 0 Å². The summed E-state index contributed by atoms with van der Waals surface area (Å²) in [5.74, 6) is 0.843. The topological polar surface area (TPSA) is 41.0 Å². The van der Waals surface area contributed by atoms with Gasteiger partial charge in [-0.3, -0.25) is 0 Å². The standard InChI is InChI=1S/C9H13ClN4/c1-7-4-11-2-3-14(7)9-8(10)5-12-6-13-9/h5-7,11H,2-4H2,1H3. The fourth-order valence-electron chi connectivity index (χ4n) is 1.67. The lowest BCUT2D eigenvalue weighted by atomic mass is 10.2. The van der Waals surface area contributed by atoms with E-state index >= 15 is 0 Å². The summed E-state index contributed by atoms with van der Waals surface area (Å²) in [6, 6.07) is 0.427. The summed E-state index contributed by atoms with van der Waals surface area (Å²) in [4.78, 5) is 10.3. The Kier molecular flexibility index (Phi) is 2.84. The minimum Gasteiger partial charge on any atom is -0.350 e. The molecule has 0 bridgehead atoms. The summed E-state index contributed by atoms with van der Waals surface area (Å²) in [5.41, 5.74) is 0. The molecule has 1 aliphatic heterocycles. The zero-order chi connectivity index (χ0) is 9.97. The van der Waals surface area contributed by atoms with Crippen molar-refractivity contribution in [2.75, 3.05) is 24.5 Å². The minimum atomic E-state index is 0.427. The van der Waals surface area contributed by atoms with Gasteiger partial charge < -0.3 is 10.2 Å². The number of nitrogens with zero attached hydrogens (tertiary/aromatic N) is 3. The SMILES string of the molecule is CC1CNCCN1c1ncncc1Cl. The lowest BCUT2D eigenvalue weighted by Gasteiger charge is -2.35. The lowest BCUT2D eigenvalue weighted by molar-refractivity contribution is 0.497. The average molecular weight is 213 g/mol. The van der Waals surface area contributed by atoms with E-state index in [4.69, 9.17) is 11.6 Å². The van der Waals surface area contributed by atoms with Crippen molar-refractivity contribution in [2.24, 2.45) is 0 Å². The van der Waals surface area contributed by atoms with Crippen LogP contribution >= 0.6 is 11.6 Å². The Bertz CT molecular complexity index is 317. The van der Waals surface area contributed by atoms with Gasteiger partial charge in [0, 0.05) is 25.7 Å². The molecule has 1 fully saturated rings. The molecule has 1 aliphatic rings. The quantitative estimate of drug-likeness (QED) is 0.752. The van der Waals surface area contributed by atoms with Gasteiger partial charge in [-0.15, -0.1) is 0 Å². The van der Waals surface area contributed by atoms with E-state index in [9.17, 15) is 0 Å². The molecule has 0 saturated carbocycles. The molecule has 5 heteroatoms. The van der Waals surface area contributed by atoms with E-state index in [1.807, 2.05) is 0 Å². The summed E-state index contributed by atoms with van der Waals surface area (Å²) in [6.45, 7) is 5.05. The number of aromatic nitrogens is 2. The van der Waals surface area contributed by atoms with Gasteiger partial charge >= 0.3 is 0 Å². The highest BCUT2D eigenvalue weighted by atomic mass is 35.5. The van der Waals surface area contributed by atoms with Crippen molar-refractivity contribution < 1.29 is 0 Å². The first kappa shape index (κ1) is 9.68. The molecular formula is C9H13ClN4. The Morgan fingerprint density at radius 2 is 2.50 bits per heavy atom. The molecule has 0 aliphatic carbocycles. The number of hydrogen-bond acceptors (Lipinski definition) is 4. The average Bonchev–Trinajstić information content (AvgIpc) is 2.20. The molecule has 1 aromatic rings. The molecule has 0 radical (unpaired) electrons. The van der Waals surface area contributed by atoms with Gasteiger partial charge in [0.1, 0.15) is 11.3 Å². The monoisotopic (exact) mass is 212 g/mol. The second kappa shape index (κ2) is 4.11. The second-order valence-corrected chi connectivity index (χ2v) is 3.85. The van der Waals surface area contributed by atoms with E-state index in [0.717, 1.165) is 25.5 Å². The zero-order valence-electron chi connectivity index (χ0n) is 8.07. The molecule has 1 atom stereocenters. The highest BCUT2D eigenvalue weighted by Gasteiger charge is 2.20. The summed E-state index contributed by atoms with van der Waals surface area (Å²) >= 11 is 6.04. The number of nitrogens with one attached hydrogen (secondary N) is 1. The highest BCUT2D eigenvalue weighted by molar-refractivity contribution is 6.32. The maximum absolute atomic E-state index is 6.04. The van der Waals surface area contributed by atoms with Gasteiger partial charge in [-0.2, -0.15) is 0 Å². The van der Waals surface area contributed by atoms with Crippen LogP contribution in [0.1, 0.15) is 6.92 Å². The van der Waals surface area contributed by atoms with Crippen LogP contribution in [-0.4, -0.2) is 35.6 Å². The van der Waals surface area contributed by atoms with Crippen molar-refractivity contribution in [1.82, 2.24) is 15.3 Å². The van der Waals surface area contributed by atoms with Crippen LogP contribution in [0.2, 0.25) is 5.02 Å². The van der Waals surface area contributed by atoms with Gasteiger partial charge in [-0.05, 0) is 6.92 Å². The highest BCUT2D eigenvalue weighted by Crippen LogP contribution is 2.23. The van der Waals surface area contributed by atoms with Gasteiger partial charge in [0.25, 0.3) is 0 Å². The predicted octanol–water partition coefficient (Wildman–Crippen LogP) is 0.928. The Labute approximate surface area is 88.3 Å². The lowest BCUT2D eigenvalue weighted by Crippen LogP contribution is -2.50. The molecular weight excluding hydrogens is 200 g/mol. The van der Waals surface area contributed by atoms with Crippen LogP contribution < -0.4 is 10.2 Å². The number of piperazine rings is 1. The fraction of sp³-hybridized carbons (Fsp3) is 0.556. The van der Waals surface area contributed by atoms with Crippen molar-refractivity contribution in [3.05, 3.63) is 17.5 Å². The van der Waals surface area contributed by atoms with Crippen LogP contribution in [0.3, 0.4) is 0 Å². The molecule has 1 aromatic heterocycles. The third-order valence-corrected chi connectivity index (χ3v) is 2.69. The van der Waals surface area contributed by atoms with Crippen molar-refractivity contribution >= 4 is 17.4 Å². The summed E-state index contributed by atoms with van der Waals surface area (Å²) in [7, 11) is 0. The van der Waals surface area contributed by atoms with Crippen molar-refractivity contribution in [3.63, 3.8) is 0 Å². The first-order valence-corrected chi connectivity index (χ1v) is 5.09. The van der Waals surface area contributed by atoms with E-state index in [1.165, 1.54) is 6.33 Å². The minimum absolute atomic E-state index is 0.427. The van der Waals surface area contributed by atoms with Gasteiger partial charge in [0.2, 0.25) is 0 Å². The predicted molar refractivity (Wildman–Crippen MR) is 56.7 cm³/mol. The van der Waals surface area contributed by atoms with Crippen LogP contribution in [-0.2, 0) is 0 Å². The fourth-order valence-corrected chi connectivity index (χ4v) is 1.89. The second-order valence-electron chi connectivity index (χ2n) is 3.44. The van der Waals surface area contributed by atoms with Crippen molar-refractivity contribution in [2.45, 2.75) is 13.0 Å². The molecule has 0 aromatic carbocycles. The molecule has 1 N–H and O–H groups in total. The third kappa shape index (κ3) is 1.81. The molecule has 0 amide bonds. The Morgan fingerprint density at radius 1 is 1.64 bits per heavy atom. The van der Waals surface area contributed by atoms with E-state index in [0.29, 0.717) is 11.1 Å². The molecule has 2 rings (SSSR count). The van der Waals surface area contributed by atoms with Gasteiger partial charge in [-0.25, -0.2) is 9.97 Å². The summed E-state index contributed by atoms with van der Waals surface area (Å²) in [6.07, 6.45) is 3.18. The molecule has 14 heavy (non-hydrogen) atoms. The maximum atomic E-state index is 6.04. The Morgan fingerprint density at radius 3 is 3.21 bits per heavy atom. The van der Waals surface area contributed by atoms with E-state index < -0.39 is 0 Å². The number of rotatable bonds is 1. The molecule has 1 saturated heterocycles. The van der Waals surface area contributed by atoms with Gasteiger partial charge in [0.05, 0.1) is 6.20 Å². The summed E-state index contributed by atoms with van der Waals surface area (Å²) < 4.78 is 0. The molecule has 2 heterocycles. The van der Waals surface area contributed by atoms with Crippen LogP contribution in [0.4, 0.5) is 5.82 Å². The van der Waals surface area contributed by atoms with Crippen LogP contribution in [0, 0.1) is 0 Å². The zero-order valence-corrected chi connectivity index (χ0v) is 8.83. The largest absolute Gasteiger partial charge is 0.350 e. The number of halogens is 1. The number of hydrogen-bond donors (Lipinski definition) is 1. The van der Waals surface area contributed by atoms with E-state index in [-0.39, 0.29) is 0 Å². The number of anilines is 1.